The van der Waals surface area contributed by atoms with Crippen LogP contribution in [0.1, 0.15) is 25.7 Å². The Morgan fingerprint density at radius 3 is 2.50 bits per heavy atom. The molecule has 1 aromatic rings. The summed E-state index contributed by atoms with van der Waals surface area (Å²) in [7, 11) is 0. The highest BCUT2D eigenvalue weighted by Gasteiger charge is 2.42. The third-order valence-electron chi connectivity index (χ3n) is 4.01. The maximum Gasteiger partial charge on any atom is 0.119 e. The van der Waals surface area contributed by atoms with Gasteiger partial charge in [-0.1, -0.05) is 12.1 Å². The minimum atomic E-state index is -0.331. The van der Waals surface area contributed by atoms with Crippen molar-refractivity contribution in [2.24, 2.45) is 11.8 Å². The lowest BCUT2D eigenvalue weighted by atomic mass is 9.67. The molecule has 0 aromatic heterocycles. The Hall–Kier alpha value is -1.02. The molecule has 1 aromatic carbocycles. The first kappa shape index (κ1) is 10.2. The zero-order valence-electron chi connectivity index (χ0n) is 9.26. The van der Waals surface area contributed by atoms with Gasteiger partial charge in [-0.15, -0.1) is 0 Å². The standard InChI is InChI=1S/C14H16O2/c15-13-8-11-7-6-10(13)9-14(11)16-12-4-2-1-3-5-12/h2-5,10-11,13-14H,6-9H2. The fourth-order valence-electron chi connectivity index (χ4n) is 3.09. The Balaban J connectivity index is 1.69. The molecule has 2 heteroatoms. The van der Waals surface area contributed by atoms with Crippen LogP contribution in [0.5, 0.6) is 5.75 Å². The summed E-state index contributed by atoms with van der Waals surface area (Å²) in [6.07, 6.45) is 3.99. The molecule has 3 saturated carbocycles. The van der Waals surface area contributed by atoms with Crippen molar-refractivity contribution in [1.29, 1.82) is 0 Å². The van der Waals surface area contributed by atoms with Crippen molar-refractivity contribution < 1.29 is 9.84 Å². The number of fused-ring (bicyclic) bond motifs is 3. The van der Waals surface area contributed by atoms with E-state index in [4.69, 9.17) is 4.74 Å². The Labute approximate surface area is 96.2 Å². The lowest BCUT2D eigenvalue weighted by molar-refractivity contribution is -0.0898. The van der Waals surface area contributed by atoms with E-state index in [9.17, 15) is 5.11 Å². The van der Waals surface area contributed by atoms with Gasteiger partial charge < -0.3 is 4.74 Å². The molecule has 0 aliphatic heterocycles. The Morgan fingerprint density at radius 1 is 1.12 bits per heavy atom. The monoisotopic (exact) mass is 216 g/mol. The first-order valence-corrected chi connectivity index (χ1v) is 6.11. The molecule has 16 heavy (non-hydrogen) atoms. The summed E-state index contributed by atoms with van der Waals surface area (Å²) in [5.41, 5.74) is 0. The lowest BCUT2D eigenvalue weighted by Crippen LogP contribution is -2.45. The Kier molecular flexibility index (Phi) is 2.60. The van der Waals surface area contributed by atoms with Crippen LogP contribution in [0.3, 0.4) is 0 Å². The lowest BCUT2D eigenvalue weighted by Gasteiger charge is -2.44. The second-order valence-corrected chi connectivity index (χ2v) is 5.00. The minimum absolute atomic E-state index is 0.270. The normalized spacial score (nSPS) is 37.3. The van der Waals surface area contributed by atoms with E-state index in [2.05, 4.69) is 6.07 Å². The first-order valence-electron chi connectivity index (χ1n) is 6.11. The van der Waals surface area contributed by atoms with Crippen LogP contribution in [0.4, 0.5) is 0 Å². The fourth-order valence-corrected chi connectivity index (χ4v) is 3.09. The average Bonchev–Trinajstić information content (AvgIpc) is 2.32. The molecular weight excluding hydrogens is 200 g/mol. The molecule has 84 valence electrons. The molecular formula is C14H16O2. The Bertz CT molecular complexity index is 349. The topological polar surface area (TPSA) is 29.1 Å². The molecule has 4 unspecified atom stereocenters. The van der Waals surface area contributed by atoms with Crippen LogP contribution in [-0.2, 0) is 5.11 Å². The number of benzene rings is 1. The SMILES string of the molecule is [O]C1CC2CCC1CC2Oc1cc[c]cc1. The molecule has 2 nitrogen and oxygen atoms in total. The van der Waals surface area contributed by atoms with Gasteiger partial charge >= 0.3 is 0 Å². The van der Waals surface area contributed by atoms with E-state index in [-0.39, 0.29) is 12.2 Å². The van der Waals surface area contributed by atoms with E-state index in [0.29, 0.717) is 11.8 Å². The number of hydrogen-bond acceptors (Lipinski definition) is 1. The molecule has 0 spiro atoms. The van der Waals surface area contributed by atoms with Crippen molar-refractivity contribution in [3.8, 4) is 5.75 Å². The predicted octanol–water partition coefficient (Wildman–Crippen LogP) is 2.85. The second-order valence-electron chi connectivity index (χ2n) is 5.00. The summed E-state index contributed by atoms with van der Waals surface area (Å²) < 4.78 is 5.98. The van der Waals surface area contributed by atoms with Gasteiger partial charge in [0.1, 0.15) is 11.9 Å². The van der Waals surface area contributed by atoms with Gasteiger partial charge in [0.25, 0.3) is 0 Å². The van der Waals surface area contributed by atoms with Crippen LogP contribution in [0.15, 0.2) is 24.3 Å². The van der Waals surface area contributed by atoms with Crippen LogP contribution >= 0.6 is 0 Å². The van der Waals surface area contributed by atoms with Crippen LogP contribution in [0.2, 0.25) is 0 Å². The second kappa shape index (κ2) is 4.10. The summed E-state index contributed by atoms with van der Waals surface area (Å²) in [6.45, 7) is 0. The van der Waals surface area contributed by atoms with E-state index in [1.165, 1.54) is 6.42 Å². The van der Waals surface area contributed by atoms with Crippen LogP contribution in [-0.4, -0.2) is 12.2 Å². The first-order chi connectivity index (χ1) is 7.83. The van der Waals surface area contributed by atoms with Gasteiger partial charge in [-0.3, -0.25) is 0 Å². The van der Waals surface area contributed by atoms with Gasteiger partial charge in [-0.25, -0.2) is 5.11 Å². The smallest absolute Gasteiger partial charge is 0.119 e. The zero-order chi connectivity index (χ0) is 11.0. The highest BCUT2D eigenvalue weighted by molar-refractivity contribution is 5.21. The quantitative estimate of drug-likeness (QED) is 0.747. The van der Waals surface area contributed by atoms with Crippen molar-refractivity contribution in [3.63, 3.8) is 0 Å². The summed E-state index contributed by atoms with van der Waals surface area (Å²) in [5.74, 6) is 1.75. The van der Waals surface area contributed by atoms with Gasteiger partial charge in [0.05, 0.1) is 6.10 Å². The van der Waals surface area contributed by atoms with Gasteiger partial charge in [0, 0.05) is 0 Å². The maximum atomic E-state index is 11.7. The van der Waals surface area contributed by atoms with E-state index < -0.39 is 0 Å². The highest BCUT2D eigenvalue weighted by Crippen LogP contribution is 2.43. The van der Waals surface area contributed by atoms with Crippen LogP contribution in [0.25, 0.3) is 0 Å². The molecule has 4 atom stereocenters. The molecule has 3 aliphatic rings. The van der Waals surface area contributed by atoms with Crippen LogP contribution < -0.4 is 4.74 Å². The van der Waals surface area contributed by atoms with Crippen molar-refractivity contribution in [1.82, 2.24) is 0 Å². The number of ether oxygens (including phenoxy) is 1. The number of rotatable bonds is 2. The van der Waals surface area contributed by atoms with Crippen molar-refractivity contribution in [2.75, 3.05) is 0 Å². The molecule has 0 amide bonds. The van der Waals surface area contributed by atoms with E-state index in [0.717, 1.165) is 25.0 Å². The molecule has 3 aliphatic carbocycles. The largest absolute Gasteiger partial charge is 0.490 e. The summed E-state index contributed by atoms with van der Waals surface area (Å²) >= 11 is 0. The molecule has 0 N–H and O–H groups in total. The minimum Gasteiger partial charge on any atom is -0.490 e. The van der Waals surface area contributed by atoms with E-state index >= 15 is 0 Å². The average molecular weight is 216 g/mol. The van der Waals surface area contributed by atoms with Crippen LogP contribution in [0, 0.1) is 17.9 Å². The molecule has 2 bridgehead atoms. The van der Waals surface area contributed by atoms with Gasteiger partial charge in [-0.2, -0.15) is 0 Å². The fraction of sp³-hybridized carbons (Fsp3) is 0.571. The molecule has 2 radical (unpaired) electrons. The maximum absolute atomic E-state index is 11.7. The van der Waals surface area contributed by atoms with E-state index in [1.54, 1.807) is 0 Å². The summed E-state index contributed by atoms with van der Waals surface area (Å²) in [5, 5.41) is 11.7. The highest BCUT2D eigenvalue weighted by atomic mass is 16.5. The summed E-state index contributed by atoms with van der Waals surface area (Å²) in [4.78, 5) is 0. The zero-order valence-corrected chi connectivity index (χ0v) is 9.26. The van der Waals surface area contributed by atoms with Crippen molar-refractivity contribution in [2.45, 2.75) is 37.9 Å². The Morgan fingerprint density at radius 2 is 1.88 bits per heavy atom. The summed E-state index contributed by atoms with van der Waals surface area (Å²) in [6, 6.07) is 10.6. The predicted molar refractivity (Wildman–Crippen MR) is 59.6 cm³/mol. The van der Waals surface area contributed by atoms with Gasteiger partial charge in [0.2, 0.25) is 0 Å². The number of hydrogen-bond donors (Lipinski definition) is 0. The molecule has 0 saturated heterocycles. The van der Waals surface area contributed by atoms with Gasteiger partial charge in [-0.05, 0) is 55.7 Å². The molecule has 4 rings (SSSR count). The van der Waals surface area contributed by atoms with Crippen molar-refractivity contribution >= 4 is 0 Å². The third kappa shape index (κ3) is 1.82. The van der Waals surface area contributed by atoms with Crippen molar-refractivity contribution in [3.05, 3.63) is 30.3 Å². The molecule has 0 heterocycles. The van der Waals surface area contributed by atoms with E-state index in [1.807, 2.05) is 24.3 Å². The molecule has 3 fully saturated rings. The third-order valence-corrected chi connectivity index (χ3v) is 4.01. The van der Waals surface area contributed by atoms with Gasteiger partial charge in [0.15, 0.2) is 0 Å².